The van der Waals surface area contributed by atoms with Crippen LogP contribution in [-0.2, 0) is 0 Å². The van der Waals surface area contributed by atoms with Gasteiger partial charge in [0.25, 0.3) is 0 Å². The maximum absolute atomic E-state index is 5.99. The Balaban J connectivity index is 2.94. The van der Waals surface area contributed by atoms with E-state index in [9.17, 15) is 0 Å². The Morgan fingerprint density at radius 2 is 1.79 bits per heavy atom. The predicted molar refractivity (Wildman–Crippen MR) is 64.5 cm³/mol. The number of benzene rings is 1. The van der Waals surface area contributed by atoms with Crippen LogP contribution in [0.5, 0.6) is 0 Å². The van der Waals surface area contributed by atoms with Crippen LogP contribution in [0.2, 0.25) is 15.1 Å². The summed E-state index contributed by atoms with van der Waals surface area (Å²) in [6.45, 7) is 0. The Morgan fingerprint density at radius 1 is 1.07 bits per heavy atom. The summed E-state index contributed by atoms with van der Waals surface area (Å²) in [5.41, 5.74) is 0.649. The van der Waals surface area contributed by atoms with Crippen LogP contribution < -0.4 is 0 Å². The minimum Gasteiger partial charge on any atom is -0.253 e. The monoisotopic (exact) mass is 309 g/mol. The van der Waals surface area contributed by atoms with Crippen LogP contribution in [0.4, 0.5) is 0 Å². The van der Waals surface area contributed by atoms with E-state index in [1.54, 1.807) is 6.07 Å². The Morgan fingerprint density at radius 3 is 2.50 bits per heavy atom. The van der Waals surface area contributed by atoms with E-state index in [-0.39, 0.29) is 0 Å². The number of aromatic nitrogens is 1. The summed E-state index contributed by atoms with van der Waals surface area (Å²) in [5, 5.41) is 2.34. The van der Waals surface area contributed by atoms with Crippen LogP contribution in [0.15, 0.2) is 22.8 Å². The van der Waals surface area contributed by atoms with Crippen molar-refractivity contribution < 1.29 is 0 Å². The first kappa shape index (κ1) is 10.5. The second kappa shape index (κ2) is 3.86. The fourth-order valence-electron chi connectivity index (χ4n) is 1.15. The lowest BCUT2D eigenvalue weighted by Gasteiger charge is -2.04. The smallest absolute Gasteiger partial charge is 0.0915 e. The van der Waals surface area contributed by atoms with Crippen molar-refractivity contribution in [1.82, 2.24) is 4.98 Å². The maximum Gasteiger partial charge on any atom is 0.0915 e. The van der Waals surface area contributed by atoms with Crippen molar-refractivity contribution in [2.45, 2.75) is 0 Å². The number of rotatable bonds is 0. The normalized spacial score (nSPS) is 10.9. The molecule has 0 unspecified atom stereocenters. The number of pyridine rings is 1. The molecule has 72 valence electrons. The minimum atomic E-state index is 0.446. The Kier molecular flexibility index (Phi) is 2.89. The van der Waals surface area contributed by atoms with Gasteiger partial charge in [-0.25, -0.2) is 0 Å². The van der Waals surface area contributed by atoms with Gasteiger partial charge in [0.2, 0.25) is 0 Å². The van der Waals surface area contributed by atoms with E-state index in [0.29, 0.717) is 20.6 Å². The second-order valence-electron chi connectivity index (χ2n) is 2.68. The van der Waals surface area contributed by atoms with Gasteiger partial charge in [0.15, 0.2) is 0 Å². The van der Waals surface area contributed by atoms with E-state index in [1.165, 1.54) is 6.20 Å². The van der Waals surface area contributed by atoms with Gasteiger partial charge in [0.05, 0.1) is 20.6 Å². The molecule has 0 fully saturated rings. The van der Waals surface area contributed by atoms with E-state index < -0.39 is 0 Å². The summed E-state index contributed by atoms with van der Waals surface area (Å²) < 4.78 is 0.780. The van der Waals surface area contributed by atoms with Gasteiger partial charge in [0.1, 0.15) is 0 Å². The standard InChI is InChI=1S/C9H3BrCl3N/c10-7-4-1-2-5(11)8(13)9(4)14-3-6(7)12/h1-3H. The lowest BCUT2D eigenvalue weighted by atomic mass is 10.2. The fraction of sp³-hybridized carbons (Fsp3) is 0. The van der Waals surface area contributed by atoms with E-state index in [2.05, 4.69) is 20.9 Å². The SMILES string of the molecule is Clc1cnc2c(Cl)c(Cl)ccc2c1Br. The molecule has 1 heterocycles. The number of halogens is 4. The fourth-order valence-corrected chi connectivity index (χ4v) is 2.09. The summed E-state index contributed by atoms with van der Waals surface area (Å²) in [5.74, 6) is 0. The number of hydrogen-bond acceptors (Lipinski definition) is 1. The lowest BCUT2D eigenvalue weighted by molar-refractivity contribution is 1.40. The van der Waals surface area contributed by atoms with Gasteiger partial charge >= 0.3 is 0 Å². The molecule has 2 aromatic rings. The van der Waals surface area contributed by atoms with Gasteiger partial charge in [-0.2, -0.15) is 0 Å². The van der Waals surface area contributed by atoms with Crippen LogP contribution in [-0.4, -0.2) is 4.98 Å². The predicted octanol–water partition coefficient (Wildman–Crippen LogP) is 4.96. The van der Waals surface area contributed by atoms with Gasteiger partial charge in [-0.1, -0.05) is 40.9 Å². The molecule has 0 aliphatic rings. The summed E-state index contributed by atoms with van der Waals surface area (Å²) >= 11 is 21.1. The molecule has 1 nitrogen and oxygen atoms in total. The van der Waals surface area contributed by atoms with Crippen molar-refractivity contribution in [3.05, 3.63) is 37.9 Å². The van der Waals surface area contributed by atoms with Crippen LogP contribution in [0, 0.1) is 0 Å². The average molecular weight is 311 g/mol. The number of hydrogen-bond donors (Lipinski definition) is 0. The van der Waals surface area contributed by atoms with Crippen molar-refractivity contribution in [3.63, 3.8) is 0 Å². The lowest BCUT2D eigenvalue weighted by Crippen LogP contribution is -1.83. The third-order valence-electron chi connectivity index (χ3n) is 1.82. The highest BCUT2D eigenvalue weighted by molar-refractivity contribution is 9.10. The maximum atomic E-state index is 5.99. The van der Waals surface area contributed by atoms with Crippen molar-refractivity contribution in [2.75, 3.05) is 0 Å². The molecule has 0 aliphatic carbocycles. The van der Waals surface area contributed by atoms with Crippen molar-refractivity contribution in [1.29, 1.82) is 0 Å². The summed E-state index contributed by atoms with van der Waals surface area (Å²) in [7, 11) is 0. The zero-order chi connectivity index (χ0) is 10.3. The molecule has 1 aromatic carbocycles. The third kappa shape index (κ3) is 1.61. The highest BCUT2D eigenvalue weighted by Crippen LogP contribution is 2.35. The molecular weight excluding hydrogens is 308 g/mol. The molecule has 0 spiro atoms. The van der Waals surface area contributed by atoms with Crippen molar-refractivity contribution >= 4 is 61.6 Å². The van der Waals surface area contributed by atoms with Gasteiger partial charge in [0, 0.05) is 16.1 Å². The third-order valence-corrected chi connectivity index (χ3v) is 3.99. The van der Waals surface area contributed by atoms with E-state index in [4.69, 9.17) is 34.8 Å². The first-order valence-electron chi connectivity index (χ1n) is 3.69. The Labute approximate surface area is 104 Å². The van der Waals surface area contributed by atoms with E-state index in [0.717, 1.165) is 9.86 Å². The van der Waals surface area contributed by atoms with Crippen LogP contribution in [0.25, 0.3) is 10.9 Å². The molecule has 0 amide bonds. The topological polar surface area (TPSA) is 12.9 Å². The van der Waals surface area contributed by atoms with Gasteiger partial charge in [-0.05, 0) is 22.0 Å². The Hall–Kier alpha value is -0.0200. The van der Waals surface area contributed by atoms with Crippen LogP contribution in [0.1, 0.15) is 0 Å². The first-order valence-corrected chi connectivity index (χ1v) is 5.61. The molecule has 0 radical (unpaired) electrons. The number of fused-ring (bicyclic) bond motifs is 1. The first-order chi connectivity index (χ1) is 6.61. The van der Waals surface area contributed by atoms with Gasteiger partial charge < -0.3 is 0 Å². The average Bonchev–Trinajstić information content (AvgIpc) is 2.17. The van der Waals surface area contributed by atoms with Crippen LogP contribution in [0.3, 0.4) is 0 Å². The zero-order valence-corrected chi connectivity index (χ0v) is 10.5. The molecular formula is C9H3BrCl3N. The Bertz CT molecular complexity index is 466. The van der Waals surface area contributed by atoms with Crippen molar-refractivity contribution in [2.24, 2.45) is 0 Å². The summed E-state index contributed by atoms with van der Waals surface area (Å²) in [4.78, 5) is 4.12. The summed E-state index contributed by atoms with van der Waals surface area (Å²) in [6, 6.07) is 3.54. The molecule has 0 aliphatic heterocycles. The second-order valence-corrected chi connectivity index (χ2v) is 4.66. The molecule has 0 saturated carbocycles. The highest BCUT2D eigenvalue weighted by atomic mass is 79.9. The molecule has 14 heavy (non-hydrogen) atoms. The van der Waals surface area contributed by atoms with Gasteiger partial charge in [-0.15, -0.1) is 0 Å². The van der Waals surface area contributed by atoms with Gasteiger partial charge in [-0.3, -0.25) is 4.98 Å². The largest absolute Gasteiger partial charge is 0.253 e. The molecule has 5 heteroatoms. The molecule has 0 atom stereocenters. The van der Waals surface area contributed by atoms with Crippen molar-refractivity contribution in [3.8, 4) is 0 Å². The van der Waals surface area contributed by atoms with E-state index >= 15 is 0 Å². The number of nitrogens with zero attached hydrogens (tertiary/aromatic N) is 1. The molecule has 0 saturated heterocycles. The van der Waals surface area contributed by atoms with E-state index in [1.807, 2.05) is 6.07 Å². The molecule has 0 bridgehead atoms. The summed E-state index contributed by atoms with van der Waals surface area (Å²) in [6.07, 6.45) is 1.54. The molecule has 1 aromatic heterocycles. The molecule has 0 N–H and O–H groups in total. The van der Waals surface area contributed by atoms with Crippen LogP contribution >= 0.6 is 50.7 Å². The quantitative estimate of drug-likeness (QED) is 0.670. The highest BCUT2D eigenvalue weighted by Gasteiger charge is 2.09. The minimum absolute atomic E-state index is 0.446. The molecule has 2 rings (SSSR count). The zero-order valence-electron chi connectivity index (χ0n) is 6.69.